The summed E-state index contributed by atoms with van der Waals surface area (Å²) in [5.41, 5.74) is 2.70. The molecule has 0 aromatic heterocycles. The van der Waals surface area contributed by atoms with Crippen molar-refractivity contribution in [3.63, 3.8) is 0 Å². The van der Waals surface area contributed by atoms with Crippen LogP contribution >= 0.6 is 11.6 Å². The molecule has 0 saturated heterocycles. The van der Waals surface area contributed by atoms with E-state index in [1.807, 2.05) is 0 Å². The Morgan fingerprint density at radius 3 is 3.00 bits per heavy atom. The monoisotopic (exact) mass is 250 g/mol. The van der Waals surface area contributed by atoms with E-state index in [0.29, 0.717) is 17.4 Å². The number of fused-ring (bicyclic) bond motifs is 1. The molecular weight excluding hydrogens is 232 g/mol. The highest BCUT2D eigenvalue weighted by molar-refractivity contribution is 6.20. The zero-order valence-corrected chi connectivity index (χ0v) is 11.0. The molecule has 0 radical (unpaired) electrons. The maximum Gasteiger partial charge on any atom is 0.123 e. The summed E-state index contributed by atoms with van der Waals surface area (Å²) in [6.45, 7) is 2.14. The third-order valence-electron chi connectivity index (χ3n) is 4.09. The summed E-state index contributed by atoms with van der Waals surface area (Å²) >= 11 is 6.34. The smallest absolute Gasteiger partial charge is 0.123 e. The summed E-state index contributed by atoms with van der Waals surface area (Å²) in [4.78, 5) is 0. The van der Waals surface area contributed by atoms with Gasteiger partial charge in [-0.1, -0.05) is 24.1 Å². The van der Waals surface area contributed by atoms with Crippen molar-refractivity contribution in [1.82, 2.24) is 0 Å². The first-order chi connectivity index (χ1) is 8.22. The SMILES string of the molecule is Cc1ccc2c(c1)CC(CC1CCCC1Cl)O2. The number of alkyl halides is 1. The molecule has 0 N–H and O–H groups in total. The average Bonchev–Trinajstić information content (AvgIpc) is 2.85. The van der Waals surface area contributed by atoms with E-state index in [0.717, 1.165) is 18.6 Å². The Balaban J connectivity index is 1.66. The van der Waals surface area contributed by atoms with Crippen LogP contribution in [-0.2, 0) is 6.42 Å². The van der Waals surface area contributed by atoms with E-state index in [-0.39, 0.29) is 0 Å². The van der Waals surface area contributed by atoms with Crippen molar-refractivity contribution >= 4 is 11.6 Å². The highest BCUT2D eigenvalue weighted by Gasteiger charge is 2.31. The van der Waals surface area contributed by atoms with Gasteiger partial charge in [0.2, 0.25) is 0 Å². The fourth-order valence-electron chi connectivity index (χ4n) is 3.18. The summed E-state index contributed by atoms with van der Waals surface area (Å²) < 4.78 is 6.01. The van der Waals surface area contributed by atoms with Gasteiger partial charge in [0.15, 0.2) is 0 Å². The maximum absolute atomic E-state index is 6.34. The Hall–Kier alpha value is -0.690. The first kappa shape index (κ1) is 11.4. The molecule has 2 aliphatic rings. The summed E-state index contributed by atoms with van der Waals surface area (Å²) in [6.07, 6.45) is 6.31. The number of benzene rings is 1. The van der Waals surface area contributed by atoms with Gasteiger partial charge >= 0.3 is 0 Å². The van der Waals surface area contributed by atoms with Crippen molar-refractivity contribution in [2.75, 3.05) is 0 Å². The van der Waals surface area contributed by atoms with Crippen LogP contribution in [0.5, 0.6) is 5.75 Å². The Kier molecular flexibility index (Phi) is 3.04. The van der Waals surface area contributed by atoms with Crippen molar-refractivity contribution in [2.24, 2.45) is 5.92 Å². The first-order valence-electron chi connectivity index (χ1n) is 6.62. The van der Waals surface area contributed by atoms with Gasteiger partial charge in [0.25, 0.3) is 0 Å². The second-order valence-corrected chi connectivity index (χ2v) is 6.06. The topological polar surface area (TPSA) is 9.23 Å². The van der Waals surface area contributed by atoms with Crippen molar-refractivity contribution in [3.05, 3.63) is 29.3 Å². The zero-order valence-electron chi connectivity index (χ0n) is 10.3. The molecule has 0 amide bonds. The molecular formula is C15H19ClO. The van der Waals surface area contributed by atoms with Gasteiger partial charge in [-0.2, -0.15) is 0 Å². The van der Waals surface area contributed by atoms with E-state index >= 15 is 0 Å². The van der Waals surface area contributed by atoms with Crippen LogP contribution in [0.15, 0.2) is 18.2 Å². The largest absolute Gasteiger partial charge is 0.490 e. The van der Waals surface area contributed by atoms with E-state index in [1.165, 1.54) is 30.4 Å². The lowest BCUT2D eigenvalue weighted by Gasteiger charge is -2.18. The molecule has 1 saturated carbocycles. The van der Waals surface area contributed by atoms with Gasteiger partial charge in [-0.25, -0.2) is 0 Å². The number of ether oxygens (including phenoxy) is 1. The lowest BCUT2D eigenvalue weighted by atomic mass is 9.97. The highest BCUT2D eigenvalue weighted by Crippen LogP contribution is 2.38. The summed E-state index contributed by atoms with van der Waals surface area (Å²) in [7, 11) is 0. The van der Waals surface area contributed by atoms with E-state index in [2.05, 4.69) is 25.1 Å². The van der Waals surface area contributed by atoms with Crippen LogP contribution in [0.3, 0.4) is 0 Å². The molecule has 1 aliphatic carbocycles. The maximum atomic E-state index is 6.34. The van der Waals surface area contributed by atoms with Gasteiger partial charge in [0.05, 0.1) is 0 Å². The standard InChI is InChI=1S/C15H19ClO/c1-10-5-6-15-12(7-10)9-13(17-15)8-11-3-2-4-14(11)16/h5-7,11,13-14H,2-4,8-9H2,1H3. The second-order valence-electron chi connectivity index (χ2n) is 5.50. The molecule has 17 heavy (non-hydrogen) atoms. The van der Waals surface area contributed by atoms with Crippen LogP contribution in [0, 0.1) is 12.8 Å². The van der Waals surface area contributed by atoms with E-state index in [1.54, 1.807) is 0 Å². The molecule has 1 aromatic rings. The minimum atomic E-state index is 0.358. The summed E-state index contributed by atoms with van der Waals surface area (Å²) in [5.74, 6) is 1.75. The molecule has 1 aromatic carbocycles. The van der Waals surface area contributed by atoms with Crippen molar-refractivity contribution < 1.29 is 4.74 Å². The summed E-state index contributed by atoms with van der Waals surface area (Å²) in [5, 5.41) is 0.379. The van der Waals surface area contributed by atoms with Crippen LogP contribution in [0.2, 0.25) is 0 Å². The second kappa shape index (κ2) is 4.53. The number of aryl methyl sites for hydroxylation is 1. The Morgan fingerprint density at radius 2 is 2.24 bits per heavy atom. The normalized spacial score (nSPS) is 31.3. The molecule has 3 atom stereocenters. The van der Waals surface area contributed by atoms with Crippen LogP contribution in [0.4, 0.5) is 0 Å². The van der Waals surface area contributed by atoms with E-state index in [9.17, 15) is 0 Å². The molecule has 2 heteroatoms. The fourth-order valence-corrected chi connectivity index (χ4v) is 3.56. The van der Waals surface area contributed by atoms with Crippen molar-refractivity contribution in [1.29, 1.82) is 0 Å². The number of halogens is 1. The predicted molar refractivity (Wildman–Crippen MR) is 70.9 cm³/mol. The van der Waals surface area contributed by atoms with Crippen molar-refractivity contribution in [3.8, 4) is 5.75 Å². The lowest BCUT2D eigenvalue weighted by molar-refractivity contribution is 0.195. The van der Waals surface area contributed by atoms with Crippen LogP contribution in [0.25, 0.3) is 0 Å². The molecule has 1 fully saturated rings. The molecule has 0 spiro atoms. The minimum Gasteiger partial charge on any atom is -0.490 e. The van der Waals surface area contributed by atoms with Crippen LogP contribution in [0.1, 0.15) is 36.8 Å². The average molecular weight is 251 g/mol. The Labute approximate surface area is 108 Å². The van der Waals surface area contributed by atoms with E-state index in [4.69, 9.17) is 16.3 Å². The van der Waals surface area contributed by atoms with Gasteiger partial charge < -0.3 is 4.74 Å². The van der Waals surface area contributed by atoms with Gasteiger partial charge in [-0.05, 0) is 43.7 Å². The van der Waals surface area contributed by atoms with Gasteiger partial charge in [0.1, 0.15) is 11.9 Å². The molecule has 1 aliphatic heterocycles. The van der Waals surface area contributed by atoms with Gasteiger partial charge in [0, 0.05) is 11.8 Å². The lowest BCUT2D eigenvalue weighted by Crippen LogP contribution is -2.20. The quantitative estimate of drug-likeness (QED) is 0.719. The molecule has 1 nitrogen and oxygen atoms in total. The molecule has 0 bridgehead atoms. The highest BCUT2D eigenvalue weighted by atomic mass is 35.5. The molecule has 92 valence electrons. The third kappa shape index (κ3) is 2.30. The van der Waals surface area contributed by atoms with E-state index < -0.39 is 0 Å². The Bertz CT molecular complexity index is 415. The molecule has 3 unspecified atom stereocenters. The van der Waals surface area contributed by atoms with Crippen molar-refractivity contribution in [2.45, 2.75) is 50.5 Å². The number of rotatable bonds is 2. The number of hydrogen-bond acceptors (Lipinski definition) is 1. The number of hydrogen-bond donors (Lipinski definition) is 0. The first-order valence-corrected chi connectivity index (χ1v) is 7.06. The van der Waals surface area contributed by atoms with Crippen LogP contribution < -0.4 is 4.74 Å². The fraction of sp³-hybridized carbons (Fsp3) is 0.600. The molecule has 1 heterocycles. The third-order valence-corrected chi connectivity index (χ3v) is 4.66. The van der Waals surface area contributed by atoms with Gasteiger partial charge in [-0.3, -0.25) is 0 Å². The van der Waals surface area contributed by atoms with Gasteiger partial charge in [-0.15, -0.1) is 11.6 Å². The summed E-state index contributed by atoms with van der Waals surface area (Å²) in [6, 6.07) is 6.49. The van der Waals surface area contributed by atoms with Crippen LogP contribution in [-0.4, -0.2) is 11.5 Å². The minimum absolute atomic E-state index is 0.358. The molecule has 3 rings (SSSR count). The zero-order chi connectivity index (χ0) is 11.8. The predicted octanol–water partition coefficient (Wildman–Crippen LogP) is 4.10. The Morgan fingerprint density at radius 1 is 1.35 bits per heavy atom.